The van der Waals surface area contributed by atoms with Gasteiger partial charge in [-0.05, 0) is 41.5 Å². The second kappa shape index (κ2) is 13.4. The highest BCUT2D eigenvalue weighted by molar-refractivity contribution is 5.76. The van der Waals surface area contributed by atoms with E-state index in [1.165, 1.54) is 0 Å². The number of aliphatic hydroxyl groups excluding tert-OH is 1. The standard InChI is InChI=1S/C34H34O7/c1-37-27-16-18-28(19-17-27)40-24-34(23-38-21-25-10-4-2-5-11-25)20-30(33(36)41-34)32(35)29-14-8-9-15-31(29)39-22-26-12-6-3-7-13-26/h2-19,30,32,35H,20-24H2,1H3. The molecular weight excluding hydrogens is 520 g/mol. The molecule has 1 heterocycles. The van der Waals surface area contributed by atoms with Gasteiger partial charge in [0.2, 0.25) is 0 Å². The number of hydrogen-bond acceptors (Lipinski definition) is 7. The van der Waals surface area contributed by atoms with Gasteiger partial charge in [-0.3, -0.25) is 4.79 Å². The summed E-state index contributed by atoms with van der Waals surface area (Å²) in [5.74, 6) is 0.507. The highest BCUT2D eigenvalue weighted by Gasteiger charge is 2.51. The van der Waals surface area contributed by atoms with Crippen LogP contribution in [0, 0.1) is 5.92 Å². The number of aliphatic hydroxyl groups is 1. The number of carbonyl (C=O) groups is 1. The first-order valence-corrected chi connectivity index (χ1v) is 13.6. The number of esters is 1. The normalized spacial score (nSPS) is 18.9. The largest absolute Gasteiger partial charge is 0.497 e. The van der Waals surface area contributed by atoms with Crippen molar-refractivity contribution in [3.05, 3.63) is 126 Å². The Kier molecular flexibility index (Phi) is 9.19. The second-order valence-electron chi connectivity index (χ2n) is 10.1. The van der Waals surface area contributed by atoms with E-state index in [0.717, 1.165) is 11.1 Å². The van der Waals surface area contributed by atoms with E-state index in [-0.39, 0.29) is 19.6 Å². The second-order valence-corrected chi connectivity index (χ2v) is 10.1. The third kappa shape index (κ3) is 7.25. The minimum atomic E-state index is -1.13. The maximum atomic E-state index is 13.3. The molecule has 0 bridgehead atoms. The Labute approximate surface area is 240 Å². The molecule has 41 heavy (non-hydrogen) atoms. The van der Waals surface area contributed by atoms with E-state index in [1.54, 1.807) is 43.5 Å². The van der Waals surface area contributed by atoms with Gasteiger partial charge in [-0.25, -0.2) is 0 Å². The average molecular weight is 555 g/mol. The lowest BCUT2D eigenvalue weighted by molar-refractivity contribution is -0.160. The summed E-state index contributed by atoms with van der Waals surface area (Å²) in [6.45, 7) is 0.868. The number of rotatable bonds is 13. The Morgan fingerprint density at radius 1 is 0.780 bits per heavy atom. The van der Waals surface area contributed by atoms with Gasteiger partial charge < -0.3 is 28.8 Å². The van der Waals surface area contributed by atoms with Crippen LogP contribution in [-0.2, 0) is 27.5 Å². The van der Waals surface area contributed by atoms with Gasteiger partial charge >= 0.3 is 5.97 Å². The molecule has 0 radical (unpaired) electrons. The fraction of sp³-hybridized carbons (Fsp3) is 0.265. The third-order valence-electron chi connectivity index (χ3n) is 7.11. The number of para-hydroxylation sites is 1. The molecule has 1 N–H and O–H groups in total. The van der Waals surface area contributed by atoms with Crippen molar-refractivity contribution in [3.63, 3.8) is 0 Å². The van der Waals surface area contributed by atoms with Crippen molar-refractivity contribution in [1.29, 1.82) is 0 Å². The van der Waals surface area contributed by atoms with Crippen LogP contribution in [0.2, 0.25) is 0 Å². The summed E-state index contributed by atoms with van der Waals surface area (Å²) in [6.07, 6.45) is -0.920. The minimum absolute atomic E-state index is 0.0647. The van der Waals surface area contributed by atoms with Crippen molar-refractivity contribution < 1.29 is 33.6 Å². The van der Waals surface area contributed by atoms with Gasteiger partial charge in [-0.1, -0.05) is 78.9 Å². The summed E-state index contributed by atoms with van der Waals surface area (Å²) >= 11 is 0. The van der Waals surface area contributed by atoms with Crippen LogP contribution in [0.3, 0.4) is 0 Å². The molecule has 0 aliphatic carbocycles. The van der Waals surface area contributed by atoms with Gasteiger partial charge in [-0.2, -0.15) is 0 Å². The lowest BCUT2D eigenvalue weighted by atomic mass is 9.88. The van der Waals surface area contributed by atoms with Crippen molar-refractivity contribution in [3.8, 4) is 17.2 Å². The summed E-state index contributed by atoms with van der Waals surface area (Å²) in [7, 11) is 1.60. The maximum Gasteiger partial charge on any atom is 0.312 e. The molecule has 0 saturated carbocycles. The van der Waals surface area contributed by atoms with Crippen LogP contribution >= 0.6 is 0 Å². The number of methoxy groups -OCH3 is 1. The van der Waals surface area contributed by atoms with E-state index in [0.29, 0.717) is 36.0 Å². The minimum Gasteiger partial charge on any atom is -0.497 e. The molecular formula is C34H34O7. The van der Waals surface area contributed by atoms with Crippen LogP contribution in [0.4, 0.5) is 0 Å². The predicted octanol–water partition coefficient (Wildman–Crippen LogP) is 5.91. The zero-order chi connectivity index (χ0) is 28.5. The molecule has 1 saturated heterocycles. The van der Waals surface area contributed by atoms with E-state index in [9.17, 15) is 9.90 Å². The molecule has 1 fully saturated rings. The number of carbonyl (C=O) groups excluding carboxylic acids is 1. The first-order chi connectivity index (χ1) is 20.0. The highest BCUT2D eigenvalue weighted by Crippen LogP contribution is 2.42. The molecule has 0 amide bonds. The SMILES string of the molecule is COc1ccc(OCC2(COCc3ccccc3)CC(C(O)c3ccccc3OCc3ccccc3)C(=O)O2)cc1. The summed E-state index contributed by atoms with van der Waals surface area (Å²) in [5, 5.41) is 11.5. The Morgan fingerprint density at radius 2 is 1.39 bits per heavy atom. The summed E-state index contributed by atoms with van der Waals surface area (Å²) in [4.78, 5) is 13.3. The lowest BCUT2D eigenvalue weighted by Crippen LogP contribution is -2.41. The summed E-state index contributed by atoms with van der Waals surface area (Å²) in [6, 6.07) is 34.0. The molecule has 3 atom stereocenters. The number of cyclic esters (lactones) is 1. The van der Waals surface area contributed by atoms with Crippen LogP contribution in [0.15, 0.2) is 109 Å². The van der Waals surface area contributed by atoms with E-state index >= 15 is 0 Å². The molecule has 1 aliphatic rings. The van der Waals surface area contributed by atoms with E-state index in [4.69, 9.17) is 23.7 Å². The maximum absolute atomic E-state index is 13.3. The molecule has 212 valence electrons. The topological polar surface area (TPSA) is 83.5 Å². The Hall–Kier alpha value is -4.33. The van der Waals surface area contributed by atoms with Crippen LogP contribution in [0.1, 0.15) is 29.2 Å². The monoisotopic (exact) mass is 554 g/mol. The van der Waals surface area contributed by atoms with Crippen molar-refractivity contribution in [2.45, 2.75) is 31.3 Å². The van der Waals surface area contributed by atoms with Crippen LogP contribution in [0.5, 0.6) is 17.2 Å². The Morgan fingerprint density at radius 3 is 2.07 bits per heavy atom. The molecule has 7 heteroatoms. The van der Waals surface area contributed by atoms with Gasteiger partial charge in [0.25, 0.3) is 0 Å². The third-order valence-corrected chi connectivity index (χ3v) is 7.11. The van der Waals surface area contributed by atoms with Crippen LogP contribution in [-0.4, -0.2) is 37.0 Å². The van der Waals surface area contributed by atoms with E-state index in [2.05, 4.69) is 0 Å². The molecule has 0 aromatic heterocycles. The predicted molar refractivity (Wildman–Crippen MR) is 154 cm³/mol. The van der Waals surface area contributed by atoms with Gasteiger partial charge in [-0.15, -0.1) is 0 Å². The lowest BCUT2D eigenvalue weighted by Gasteiger charge is -2.28. The smallest absolute Gasteiger partial charge is 0.312 e. The molecule has 7 nitrogen and oxygen atoms in total. The first-order valence-electron chi connectivity index (χ1n) is 13.6. The van der Waals surface area contributed by atoms with Crippen molar-refractivity contribution in [2.24, 2.45) is 5.92 Å². The molecule has 5 rings (SSSR count). The average Bonchev–Trinajstić information content (AvgIpc) is 3.36. The van der Waals surface area contributed by atoms with Gasteiger partial charge in [0.15, 0.2) is 5.60 Å². The van der Waals surface area contributed by atoms with Crippen LogP contribution in [0.25, 0.3) is 0 Å². The van der Waals surface area contributed by atoms with E-state index in [1.807, 2.05) is 72.8 Å². The molecule has 4 aromatic rings. The van der Waals surface area contributed by atoms with Gasteiger partial charge in [0, 0.05) is 12.0 Å². The summed E-state index contributed by atoms with van der Waals surface area (Å²) < 4.78 is 29.4. The van der Waals surface area contributed by atoms with Gasteiger partial charge in [0.05, 0.1) is 32.3 Å². The Bertz CT molecular complexity index is 1390. The first kappa shape index (κ1) is 28.2. The van der Waals surface area contributed by atoms with Crippen molar-refractivity contribution >= 4 is 5.97 Å². The van der Waals surface area contributed by atoms with Crippen molar-refractivity contribution in [1.82, 2.24) is 0 Å². The van der Waals surface area contributed by atoms with Crippen molar-refractivity contribution in [2.75, 3.05) is 20.3 Å². The number of ether oxygens (including phenoxy) is 5. The molecule has 0 spiro atoms. The fourth-order valence-electron chi connectivity index (χ4n) is 4.90. The number of benzene rings is 4. The van der Waals surface area contributed by atoms with E-state index < -0.39 is 23.6 Å². The number of hydrogen-bond donors (Lipinski definition) is 1. The molecule has 3 unspecified atom stereocenters. The van der Waals surface area contributed by atoms with Crippen LogP contribution < -0.4 is 14.2 Å². The summed E-state index contributed by atoms with van der Waals surface area (Å²) in [5.41, 5.74) is 1.45. The highest BCUT2D eigenvalue weighted by atomic mass is 16.6. The zero-order valence-electron chi connectivity index (χ0n) is 23.0. The fourth-order valence-corrected chi connectivity index (χ4v) is 4.90. The quantitative estimate of drug-likeness (QED) is 0.206. The zero-order valence-corrected chi connectivity index (χ0v) is 23.0. The Balaban J connectivity index is 1.31. The molecule has 1 aliphatic heterocycles. The van der Waals surface area contributed by atoms with Gasteiger partial charge in [0.1, 0.15) is 30.5 Å². The molecule has 4 aromatic carbocycles.